The fourth-order valence-corrected chi connectivity index (χ4v) is 2.10. The quantitative estimate of drug-likeness (QED) is 0.641. The summed E-state index contributed by atoms with van der Waals surface area (Å²) < 4.78 is 28.4. The molecule has 0 bridgehead atoms. The van der Waals surface area contributed by atoms with Crippen LogP contribution in [0.3, 0.4) is 0 Å². The summed E-state index contributed by atoms with van der Waals surface area (Å²) in [6, 6.07) is 0. The third-order valence-electron chi connectivity index (χ3n) is 2.36. The van der Waals surface area contributed by atoms with Gasteiger partial charge < -0.3 is 4.52 Å². The van der Waals surface area contributed by atoms with Gasteiger partial charge in [0.25, 0.3) is 0 Å². The molecule has 1 saturated carbocycles. The lowest BCUT2D eigenvalue weighted by Gasteiger charge is -2.11. The maximum atomic E-state index is 12.8. The molecular weight excluding hydrogens is 178 g/mol. The molecule has 0 aromatic carbocycles. The molecular formula is C8H16FO2P. The minimum absolute atomic E-state index is 0.000278. The highest BCUT2D eigenvalue weighted by molar-refractivity contribution is 7.53. The van der Waals surface area contributed by atoms with Gasteiger partial charge in [-0.1, -0.05) is 19.8 Å². The Morgan fingerprint density at radius 3 is 2.58 bits per heavy atom. The van der Waals surface area contributed by atoms with Crippen LogP contribution in [0, 0.1) is 5.92 Å². The van der Waals surface area contributed by atoms with E-state index < -0.39 is 7.68 Å². The molecule has 1 aliphatic carbocycles. The van der Waals surface area contributed by atoms with Gasteiger partial charge in [0.2, 0.25) is 0 Å². The zero-order valence-corrected chi connectivity index (χ0v) is 8.36. The van der Waals surface area contributed by atoms with Crippen molar-refractivity contribution in [3.05, 3.63) is 0 Å². The van der Waals surface area contributed by atoms with Gasteiger partial charge in [-0.2, -0.15) is 4.20 Å². The van der Waals surface area contributed by atoms with Crippen LogP contribution in [0.5, 0.6) is 0 Å². The molecule has 0 aromatic heterocycles. The Hall–Kier alpha value is 0.120. The fraction of sp³-hybridized carbons (Fsp3) is 1.00. The average Bonchev–Trinajstić information content (AvgIpc) is 2.53. The summed E-state index contributed by atoms with van der Waals surface area (Å²) in [5.41, 5.74) is 0. The molecule has 0 spiro atoms. The van der Waals surface area contributed by atoms with Gasteiger partial charge in [0.1, 0.15) is 0 Å². The van der Waals surface area contributed by atoms with Crippen LogP contribution in [0.25, 0.3) is 0 Å². The van der Waals surface area contributed by atoms with Crippen molar-refractivity contribution in [2.24, 2.45) is 5.92 Å². The number of hydrogen-bond acceptors (Lipinski definition) is 2. The van der Waals surface area contributed by atoms with Crippen molar-refractivity contribution in [3.8, 4) is 0 Å². The summed E-state index contributed by atoms with van der Waals surface area (Å²) in [6.45, 7) is 1.90. The summed E-state index contributed by atoms with van der Waals surface area (Å²) in [5, 5.41) is 0. The molecule has 72 valence electrons. The predicted molar refractivity (Wildman–Crippen MR) is 47.2 cm³/mol. The van der Waals surface area contributed by atoms with Crippen molar-refractivity contribution >= 4 is 7.68 Å². The van der Waals surface area contributed by atoms with E-state index in [2.05, 4.69) is 0 Å². The van der Waals surface area contributed by atoms with Crippen molar-refractivity contribution in [1.82, 2.24) is 0 Å². The molecule has 0 radical (unpaired) electrons. The van der Waals surface area contributed by atoms with E-state index in [4.69, 9.17) is 4.52 Å². The SMILES string of the molecule is CCP(=O)(F)OCC1CCCC1. The van der Waals surface area contributed by atoms with Crippen LogP contribution in [0.4, 0.5) is 4.20 Å². The molecule has 0 aliphatic heterocycles. The van der Waals surface area contributed by atoms with Crippen LogP contribution >= 0.6 is 7.68 Å². The van der Waals surface area contributed by atoms with Gasteiger partial charge in [-0.15, -0.1) is 0 Å². The fourth-order valence-electron chi connectivity index (χ4n) is 1.49. The molecule has 0 amide bonds. The Labute approximate surface area is 73.1 Å². The van der Waals surface area contributed by atoms with E-state index in [1.807, 2.05) is 0 Å². The van der Waals surface area contributed by atoms with Crippen molar-refractivity contribution in [2.45, 2.75) is 32.6 Å². The van der Waals surface area contributed by atoms with Crippen molar-refractivity contribution in [3.63, 3.8) is 0 Å². The molecule has 0 saturated heterocycles. The van der Waals surface area contributed by atoms with E-state index >= 15 is 0 Å². The highest BCUT2D eigenvalue weighted by Crippen LogP contribution is 2.48. The Bertz CT molecular complexity index is 178. The Balaban J connectivity index is 2.20. The summed E-state index contributed by atoms with van der Waals surface area (Å²) >= 11 is 0. The monoisotopic (exact) mass is 194 g/mol. The molecule has 0 N–H and O–H groups in total. The summed E-state index contributed by atoms with van der Waals surface area (Å²) in [5.74, 6) is 0.445. The maximum absolute atomic E-state index is 12.8. The van der Waals surface area contributed by atoms with E-state index in [-0.39, 0.29) is 6.16 Å². The first kappa shape index (κ1) is 10.2. The van der Waals surface area contributed by atoms with E-state index in [9.17, 15) is 8.76 Å². The normalized spacial score (nSPS) is 24.2. The first-order chi connectivity index (χ1) is 5.64. The second-order valence-corrected chi connectivity index (χ2v) is 5.42. The van der Waals surface area contributed by atoms with Crippen molar-refractivity contribution in [1.29, 1.82) is 0 Å². The van der Waals surface area contributed by atoms with Gasteiger partial charge in [0.05, 0.1) is 12.8 Å². The van der Waals surface area contributed by atoms with Crippen LogP contribution in [0.1, 0.15) is 32.6 Å². The maximum Gasteiger partial charge on any atom is 0.367 e. The van der Waals surface area contributed by atoms with Gasteiger partial charge in [0.15, 0.2) is 0 Å². The largest absolute Gasteiger partial charge is 0.367 e. The van der Waals surface area contributed by atoms with Gasteiger partial charge in [-0.25, -0.2) is 0 Å². The zero-order valence-electron chi connectivity index (χ0n) is 7.46. The molecule has 4 heteroatoms. The highest BCUT2D eigenvalue weighted by Gasteiger charge is 2.22. The summed E-state index contributed by atoms with van der Waals surface area (Å²) in [4.78, 5) is 0. The molecule has 1 fully saturated rings. The third kappa shape index (κ3) is 3.24. The molecule has 1 unspecified atom stereocenters. The van der Waals surface area contributed by atoms with Gasteiger partial charge in [0, 0.05) is 0 Å². The lowest BCUT2D eigenvalue weighted by molar-refractivity contribution is 0.235. The first-order valence-corrected chi connectivity index (χ1v) is 6.27. The van der Waals surface area contributed by atoms with Crippen LogP contribution in [0.2, 0.25) is 0 Å². The van der Waals surface area contributed by atoms with Crippen LogP contribution in [0.15, 0.2) is 0 Å². The molecule has 1 aliphatic rings. The Kier molecular flexibility index (Phi) is 3.73. The highest BCUT2D eigenvalue weighted by atomic mass is 31.2. The third-order valence-corrected chi connectivity index (χ3v) is 3.65. The Morgan fingerprint density at radius 1 is 1.50 bits per heavy atom. The molecule has 1 rings (SSSR count). The van der Waals surface area contributed by atoms with Crippen LogP contribution in [-0.4, -0.2) is 12.8 Å². The zero-order chi connectivity index (χ0) is 9.03. The smallest absolute Gasteiger partial charge is 0.305 e. The predicted octanol–water partition coefficient (Wildman–Crippen LogP) is 3.38. The molecule has 12 heavy (non-hydrogen) atoms. The number of hydrogen-bond donors (Lipinski definition) is 0. The van der Waals surface area contributed by atoms with E-state index in [1.165, 1.54) is 12.8 Å². The van der Waals surface area contributed by atoms with Crippen molar-refractivity contribution in [2.75, 3.05) is 12.8 Å². The van der Waals surface area contributed by atoms with Crippen LogP contribution in [-0.2, 0) is 9.09 Å². The topological polar surface area (TPSA) is 26.3 Å². The second kappa shape index (κ2) is 4.38. The number of rotatable bonds is 4. The Morgan fingerprint density at radius 2 is 2.08 bits per heavy atom. The molecule has 0 aromatic rings. The molecule has 1 atom stereocenters. The molecule has 2 nitrogen and oxygen atoms in total. The standard InChI is InChI=1S/C8H16FO2P/c1-2-12(9,10)11-7-8-5-3-4-6-8/h8H,2-7H2,1H3. The summed E-state index contributed by atoms with van der Waals surface area (Å²) in [7, 11) is -3.73. The minimum atomic E-state index is -3.73. The lowest BCUT2D eigenvalue weighted by Crippen LogP contribution is -2.03. The van der Waals surface area contributed by atoms with Crippen LogP contribution < -0.4 is 0 Å². The van der Waals surface area contributed by atoms with E-state index in [1.54, 1.807) is 6.92 Å². The lowest BCUT2D eigenvalue weighted by atomic mass is 10.1. The van der Waals surface area contributed by atoms with Gasteiger partial charge >= 0.3 is 7.68 Å². The minimum Gasteiger partial charge on any atom is -0.305 e. The number of halogens is 1. The average molecular weight is 194 g/mol. The van der Waals surface area contributed by atoms with Gasteiger partial charge in [-0.05, 0) is 18.8 Å². The second-order valence-electron chi connectivity index (χ2n) is 3.35. The summed E-state index contributed by atoms with van der Waals surface area (Å²) in [6.07, 6.45) is 4.61. The first-order valence-electron chi connectivity index (χ1n) is 4.57. The molecule has 0 heterocycles. The van der Waals surface area contributed by atoms with E-state index in [0.717, 1.165) is 12.8 Å². The van der Waals surface area contributed by atoms with E-state index in [0.29, 0.717) is 12.5 Å². The van der Waals surface area contributed by atoms with Crippen molar-refractivity contribution < 1.29 is 13.3 Å². The van der Waals surface area contributed by atoms with Gasteiger partial charge in [-0.3, -0.25) is 4.57 Å².